The summed E-state index contributed by atoms with van der Waals surface area (Å²) < 4.78 is 73.9. The summed E-state index contributed by atoms with van der Waals surface area (Å²) >= 11 is 0. The van der Waals surface area contributed by atoms with Crippen molar-refractivity contribution in [2.75, 3.05) is 6.54 Å². The molecule has 0 spiro atoms. The monoisotopic (exact) mass is 524 g/mol. The van der Waals surface area contributed by atoms with Crippen molar-refractivity contribution in [3.05, 3.63) is 65.2 Å². The number of nitrogens with one attached hydrogen (secondary N) is 2. The first-order valence-electron chi connectivity index (χ1n) is 10.6. The van der Waals surface area contributed by atoms with Gasteiger partial charge in [-0.15, -0.1) is 25.6 Å². The number of rotatable bonds is 9. The van der Waals surface area contributed by atoms with Gasteiger partial charge in [-0.25, -0.2) is 8.78 Å². The minimum atomic E-state index is -4.79. The van der Waals surface area contributed by atoms with Crippen LogP contribution in [0.15, 0.2) is 42.5 Å². The lowest BCUT2D eigenvalue weighted by Gasteiger charge is -2.28. The number of carbonyl (C=O) groups is 1. The van der Waals surface area contributed by atoms with Crippen molar-refractivity contribution in [2.24, 2.45) is 0 Å². The first kappa shape index (κ1) is 28.8. The molecule has 1 amide bonds. The molecule has 1 saturated heterocycles. The third kappa shape index (κ3) is 9.25. The molecule has 0 aliphatic carbocycles. The maximum atomic E-state index is 13.5. The molecule has 1 fully saturated rings. The standard InChI is InChI=1S/C23H25F5N2O4.ClH/c1-13(31)30-21(8-15-5-16(24)9-17(25)6-15)22(32)20-10-19(11-29-20)33-12-14-3-2-4-18(7-14)34-23(26,27)28;/h2-7,9,19-22,29,32H,8,10-12H2,1H3,(H,30,31);1H/t19-,20-,21+,22-;/m1./s1. The molecule has 2 aromatic carbocycles. The number of ether oxygens (including phenoxy) is 2. The van der Waals surface area contributed by atoms with Gasteiger partial charge in [0.15, 0.2) is 0 Å². The van der Waals surface area contributed by atoms with Crippen LogP contribution in [0.2, 0.25) is 0 Å². The van der Waals surface area contributed by atoms with Crippen molar-refractivity contribution in [3.63, 3.8) is 0 Å². The maximum Gasteiger partial charge on any atom is 0.573 e. The number of alkyl halides is 3. The van der Waals surface area contributed by atoms with Crippen LogP contribution in [-0.4, -0.2) is 48.2 Å². The second kappa shape index (κ2) is 12.5. The first-order valence-corrected chi connectivity index (χ1v) is 10.6. The number of hydrogen-bond acceptors (Lipinski definition) is 5. The largest absolute Gasteiger partial charge is 0.573 e. The zero-order valence-corrected chi connectivity index (χ0v) is 19.5. The van der Waals surface area contributed by atoms with Gasteiger partial charge in [-0.2, -0.15) is 0 Å². The Morgan fingerprint density at radius 2 is 1.86 bits per heavy atom. The van der Waals surface area contributed by atoms with E-state index in [1.165, 1.54) is 25.1 Å². The van der Waals surface area contributed by atoms with Gasteiger partial charge >= 0.3 is 6.36 Å². The summed E-state index contributed by atoms with van der Waals surface area (Å²) in [6.07, 6.45) is -5.87. The summed E-state index contributed by atoms with van der Waals surface area (Å²) in [5.41, 5.74) is 0.761. The van der Waals surface area contributed by atoms with Gasteiger partial charge in [-0.3, -0.25) is 4.79 Å². The molecule has 1 aliphatic rings. The van der Waals surface area contributed by atoms with E-state index in [4.69, 9.17) is 4.74 Å². The summed E-state index contributed by atoms with van der Waals surface area (Å²) in [6.45, 7) is 1.67. The van der Waals surface area contributed by atoms with Gasteiger partial charge in [0, 0.05) is 25.6 Å². The molecule has 0 bridgehead atoms. The third-order valence-corrected chi connectivity index (χ3v) is 5.33. The van der Waals surface area contributed by atoms with E-state index >= 15 is 0 Å². The molecule has 0 radical (unpaired) electrons. The molecule has 3 N–H and O–H groups in total. The molecule has 194 valence electrons. The Kier molecular flexibility index (Phi) is 10.3. The minimum Gasteiger partial charge on any atom is -0.406 e. The number of hydrogen-bond donors (Lipinski definition) is 3. The van der Waals surface area contributed by atoms with Crippen LogP contribution >= 0.6 is 12.4 Å². The van der Waals surface area contributed by atoms with Gasteiger partial charge in [0.2, 0.25) is 5.91 Å². The van der Waals surface area contributed by atoms with E-state index in [2.05, 4.69) is 15.4 Å². The van der Waals surface area contributed by atoms with Crippen LogP contribution in [0.5, 0.6) is 5.75 Å². The van der Waals surface area contributed by atoms with Gasteiger partial charge in [0.25, 0.3) is 0 Å². The first-order chi connectivity index (χ1) is 16.0. The Bertz CT molecular complexity index is 974. The highest BCUT2D eigenvalue weighted by Crippen LogP contribution is 2.25. The zero-order valence-electron chi connectivity index (χ0n) is 18.6. The van der Waals surface area contributed by atoms with Crippen LogP contribution in [0.4, 0.5) is 22.0 Å². The molecule has 4 atom stereocenters. The molecule has 6 nitrogen and oxygen atoms in total. The van der Waals surface area contributed by atoms with Crippen LogP contribution in [0.25, 0.3) is 0 Å². The van der Waals surface area contributed by atoms with E-state index < -0.39 is 42.1 Å². The molecule has 1 aliphatic heterocycles. The van der Waals surface area contributed by atoms with E-state index in [-0.39, 0.29) is 42.9 Å². The fraction of sp³-hybridized carbons (Fsp3) is 0.435. The second-order valence-corrected chi connectivity index (χ2v) is 8.16. The average Bonchev–Trinajstić information content (AvgIpc) is 3.18. The highest BCUT2D eigenvalue weighted by atomic mass is 35.5. The number of aliphatic hydroxyl groups is 1. The van der Waals surface area contributed by atoms with Crippen molar-refractivity contribution < 1.29 is 41.3 Å². The summed E-state index contributed by atoms with van der Waals surface area (Å²) in [5.74, 6) is -2.28. The quantitative estimate of drug-likeness (QED) is 0.437. The van der Waals surface area contributed by atoms with Gasteiger partial charge < -0.3 is 25.2 Å². The van der Waals surface area contributed by atoms with Gasteiger partial charge in [-0.1, -0.05) is 12.1 Å². The SMILES string of the molecule is CC(=O)N[C@@H](Cc1cc(F)cc(F)c1)[C@H](O)[C@H]1C[C@@H](OCc2cccc(OC(F)(F)F)c2)CN1.Cl. The van der Waals surface area contributed by atoms with Crippen LogP contribution < -0.4 is 15.4 Å². The number of amides is 1. The van der Waals surface area contributed by atoms with E-state index in [9.17, 15) is 31.9 Å². The van der Waals surface area contributed by atoms with Gasteiger partial charge in [0.1, 0.15) is 17.4 Å². The van der Waals surface area contributed by atoms with Crippen LogP contribution in [-0.2, 0) is 22.6 Å². The Morgan fingerprint density at radius 3 is 2.49 bits per heavy atom. The summed E-state index contributed by atoms with van der Waals surface area (Å²) in [4.78, 5) is 11.6. The average molecular weight is 525 g/mol. The van der Waals surface area contributed by atoms with Crippen molar-refractivity contribution in [3.8, 4) is 5.75 Å². The normalized spacial score (nSPS) is 19.5. The lowest BCUT2D eigenvalue weighted by atomic mass is 9.95. The van der Waals surface area contributed by atoms with Gasteiger partial charge in [0.05, 0.1) is 24.9 Å². The topological polar surface area (TPSA) is 79.8 Å². The third-order valence-electron chi connectivity index (χ3n) is 5.33. The lowest BCUT2D eigenvalue weighted by molar-refractivity contribution is -0.274. The summed E-state index contributed by atoms with van der Waals surface area (Å²) in [6, 6.07) is 7.14. The van der Waals surface area contributed by atoms with Crippen molar-refractivity contribution in [1.82, 2.24) is 10.6 Å². The zero-order chi connectivity index (χ0) is 24.9. The number of halogens is 6. The van der Waals surface area contributed by atoms with Crippen LogP contribution in [0, 0.1) is 11.6 Å². The van der Waals surface area contributed by atoms with Crippen molar-refractivity contribution >= 4 is 18.3 Å². The van der Waals surface area contributed by atoms with E-state index in [0.29, 0.717) is 18.5 Å². The summed E-state index contributed by atoms with van der Waals surface area (Å²) in [5, 5.41) is 16.6. The Morgan fingerprint density at radius 1 is 1.17 bits per heavy atom. The van der Waals surface area contributed by atoms with Crippen LogP contribution in [0.3, 0.4) is 0 Å². The van der Waals surface area contributed by atoms with Crippen molar-refractivity contribution in [2.45, 2.75) is 57.0 Å². The molecule has 0 aromatic heterocycles. The van der Waals surface area contributed by atoms with E-state index in [1.807, 2.05) is 0 Å². The molecule has 2 aromatic rings. The fourth-order valence-electron chi connectivity index (χ4n) is 3.95. The number of aliphatic hydroxyl groups excluding tert-OH is 1. The molecule has 0 saturated carbocycles. The molecule has 3 rings (SSSR count). The van der Waals surface area contributed by atoms with Crippen molar-refractivity contribution in [1.29, 1.82) is 0 Å². The van der Waals surface area contributed by atoms with E-state index in [0.717, 1.165) is 18.2 Å². The highest BCUT2D eigenvalue weighted by molar-refractivity contribution is 5.85. The minimum absolute atomic E-state index is 0. The van der Waals surface area contributed by atoms with E-state index in [1.54, 1.807) is 6.07 Å². The van der Waals surface area contributed by atoms with Crippen LogP contribution in [0.1, 0.15) is 24.5 Å². The second-order valence-electron chi connectivity index (χ2n) is 8.16. The van der Waals surface area contributed by atoms with Gasteiger partial charge in [-0.05, 0) is 48.2 Å². The molecule has 35 heavy (non-hydrogen) atoms. The number of benzene rings is 2. The fourth-order valence-corrected chi connectivity index (χ4v) is 3.95. The smallest absolute Gasteiger partial charge is 0.406 e. The Labute approximate surface area is 205 Å². The Hall–Kier alpha value is -2.47. The summed E-state index contributed by atoms with van der Waals surface area (Å²) in [7, 11) is 0. The predicted octanol–water partition coefficient (Wildman–Crippen LogP) is 3.64. The maximum absolute atomic E-state index is 13.5. The molecular weight excluding hydrogens is 499 g/mol. The molecule has 1 heterocycles. The number of carbonyl (C=O) groups excluding carboxylic acids is 1. The molecular formula is C23H26ClF5N2O4. The molecule has 0 unspecified atom stereocenters. The highest BCUT2D eigenvalue weighted by Gasteiger charge is 2.35. The predicted molar refractivity (Wildman–Crippen MR) is 119 cm³/mol. The lowest BCUT2D eigenvalue weighted by Crippen LogP contribution is -2.51. The Balaban J connectivity index is 0.00000432. The molecule has 12 heteroatoms.